The quantitative estimate of drug-likeness (QED) is 0.174. The SMILES string of the molecule is CC1=CC(=C(C)/N=N/c2c(Cl)ccc(-c3cc(-c4ccccc4)c(/N=N/C(=C4\C=C(C)C(=O)C(C(C)(C)C)=C4)c4cccs4)cc3Br)c2Cl)C=C(C)C1=O. The molecule has 0 saturated heterocycles. The van der Waals surface area contributed by atoms with E-state index in [9.17, 15) is 9.59 Å². The lowest BCUT2D eigenvalue weighted by molar-refractivity contribution is -0.113. The first-order valence-corrected chi connectivity index (χ1v) is 19.6. The highest BCUT2D eigenvalue weighted by Crippen LogP contribution is 2.47. The Bertz CT molecular complexity index is 2440. The number of rotatable bonds is 7. The monoisotopic (exact) mass is 834 g/mol. The maximum Gasteiger partial charge on any atom is 0.185 e. The lowest BCUT2D eigenvalue weighted by Crippen LogP contribution is -2.21. The number of hydrogen-bond donors (Lipinski definition) is 0. The van der Waals surface area contributed by atoms with Gasteiger partial charge in [-0.15, -0.1) is 26.7 Å². The van der Waals surface area contributed by atoms with Gasteiger partial charge in [-0.25, -0.2) is 0 Å². The van der Waals surface area contributed by atoms with Crippen LogP contribution < -0.4 is 0 Å². The molecule has 0 spiro atoms. The highest BCUT2D eigenvalue weighted by atomic mass is 79.9. The first kappa shape index (κ1) is 39.1. The summed E-state index contributed by atoms with van der Waals surface area (Å²) in [5.74, 6) is 0.0508. The molecule has 10 heteroatoms. The third-order valence-corrected chi connectivity index (χ3v) is 11.3. The summed E-state index contributed by atoms with van der Waals surface area (Å²) in [6, 6.07) is 21.5. The van der Waals surface area contributed by atoms with Gasteiger partial charge < -0.3 is 0 Å². The van der Waals surface area contributed by atoms with Crippen LogP contribution in [-0.2, 0) is 9.59 Å². The number of halogens is 3. The molecule has 0 unspecified atom stereocenters. The zero-order valence-corrected chi connectivity index (χ0v) is 34.8. The minimum atomic E-state index is -0.346. The lowest BCUT2D eigenvalue weighted by Gasteiger charge is -2.25. The van der Waals surface area contributed by atoms with E-state index in [-0.39, 0.29) is 17.0 Å². The zero-order valence-electron chi connectivity index (χ0n) is 30.9. The molecule has 0 aliphatic heterocycles. The van der Waals surface area contributed by atoms with Gasteiger partial charge in [-0.3, -0.25) is 9.59 Å². The van der Waals surface area contributed by atoms with Crippen LogP contribution in [0.1, 0.15) is 53.3 Å². The van der Waals surface area contributed by atoms with Gasteiger partial charge in [0.1, 0.15) is 11.4 Å². The number of hydrogen-bond acceptors (Lipinski definition) is 7. The Morgan fingerprint density at radius 2 is 1.39 bits per heavy atom. The van der Waals surface area contributed by atoms with E-state index in [4.69, 9.17) is 33.4 Å². The van der Waals surface area contributed by atoms with Gasteiger partial charge in [0.2, 0.25) is 0 Å². The van der Waals surface area contributed by atoms with Crippen LogP contribution in [0.2, 0.25) is 10.0 Å². The van der Waals surface area contributed by atoms with Crippen LogP contribution in [0.15, 0.2) is 160 Å². The van der Waals surface area contributed by atoms with Gasteiger partial charge >= 0.3 is 0 Å². The minimum absolute atomic E-state index is 0.0104. The van der Waals surface area contributed by atoms with Gasteiger partial charge in [0.25, 0.3) is 0 Å². The molecule has 0 fully saturated rings. The summed E-state index contributed by atoms with van der Waals surface area (Å²) in [6.45, 7) is 13.4. The second kappa shape index (κ2) is 16.0. The average Bonchev–Trinajstić information content (AvgIpc) is 3.67. The molecule has 272 valence electrons. The molecule has 1 aromatic heterocycles. The summed E-state index contributed by atoms with van der Waals surface area (Å²) in [5.41, 5.74) is 9.45. The van der Waals surface area contributed by atoms with E-state index in [0.717, 1.165) is 42.8 Å². The first-order chi connectivity index (χ1) is 25.6. The maximum absolute atomic E-state index is 13.2. The van der Waals surface area contributed by atoms with Gasteiger partial charge in [0.05, 0.1) is 26.3 Å². The number of carbonyl (C=O) groups is 2. The van der Waals surface area contributed by atoms with E-state index in [1.165, 1.54) is 0 Å². The van der Waals surface area contributed by atoms with Crippen LogP contribution in [0.5, 0.6) is 0 Å². The summed E-state index contributed by atoms with van der Waals surface area (Å²) >= 11 is 19.1. The molecule has 2 aliphatic carbocycles. The molecule has 0 amide bonds. The Balaban J connectivity index is 1.47. The molecule has 1 heterocycles. The smallest absolute Gasteiger partial charge is 0.185 e. The van der Waals surface area contributed by atoms with Crippen LogP contribution in [0, 0.1) is 5.41 Å². The Morgan fingerprint density at radius 3 is 2.04 bits per heavy atom. The molecule has 3 aromatic carbocycles. The predicted octanol–water partition coefficient (Wildman–Crippen LogP) is 15.0. The second-order valence-corrected chi connectivity index (χ2v) is 16.7. The lowest BCUT2D eigenvalue weighted by atomic mass is 9.78. The van der Waals surface area contributed by atoms with E-state index in [0.29, 0.717) is 55.1 Å². The van der Waals surface area contributed by atoms with Crippen molar-refractivity contribution in [2.45, 2.75) is 48.5 Å². The molecular formula is C44H37BrCl2N4O2S. The summed E-state index contributed by atoms with van der Waals surface area (Å²) in [4.78, 5) is 26.4. The minimum Gasteiger partial charge on any atom is -0.289 e. The summed E-state index contributed by atoms with van der Waals surface area (Å²) < 4.78 is 0.730. The largest absolute Gasteiger partial charge is 0.289 e. The van der Waals surface area contributed by atoms with Gasteiger partial charge in [-0.05, 0) is 120 Å². The molecular weight excluding hydrogens is 799 g/mol. The highest BCUT2D eigenvalue weighted by molar-refractivity contribution is 9.10. The number of nitrogens with zero attached hydrogens (tertiary/aromatic N) is 4. The third-order valence-electron chi connectivity index (χ3n) is 9.07. The van der Waals surface area contributed by atoms with Crippen molar-refractivity contribution in [3.63, 3.8) is 0 Å². The summed E-state index contributed by atoms with van der Waals surface area (Å²) in [6.07, 6.45) is 7.45. The number of benzene rings is 3. The van der Waals surface area contributed by atoms with E-state index >= 15 is 0 Å². The van der Waals surface area contributed by atoms with Crippen LogP contribution in [0.25, 0.3) is 28.0 Å². The van der Waals surface area contributed by atoms with Crippen molar-refractivity contribution in [3.05, 3.63) is 155 Å². The summed E-state index contributed by atoms with van der Waals surface area (Å²) in [5, 5.41) is 21.4. The van der Waals surface area contributed by atoms with Gasteiger partial charge in [0.15, 0.2) is 11.6 Å². The number of ketones is 2. The van der Waals surface area contributed by atoms with Crippen LogP contribution in [-0.4, -0.2) is 11.6 Å². The van der Waals surface area contributed by atoms with Crippen LogP contribution in [0.3, 0.4) is 0 Å². The van der Waals surface area contributed by atoms with Crippen LogP contribution in [0.4, 0.5) is 11.4 Å². The first-order valence-electron chi connectivity index (χ1n) is 17.2. The van der Waals surface area contributed by atoms with Crippen LogP contribution >= 0.6 is 50.5 Å². The van der Waals surface area contributed by atoms with Crippen molar-refractivity contribution in [2.75, 3.05) is 0 Å². The fourth-order valence-corrected chi connectivity index (χ4v) is 7.94. The normalized spacial score (nSPS) is 16.1. The van der Waals surface area contributed by atoms with Gasteiger partial charge in [0, 0.05) is 26.7 Å². The average molecular weight is 837 g/mol. The van der Waals surface area contributed by atoms with E-state index in [1.54, 1.807) is 43.4 Å². The topological polar surface area (TPSA) is 83.6 Å². The van der Waals surface area contributed by atoms with Crippen molar-refractivity contribution < 1.29 is 9.59 Å². The molecule has 2 aliphatic rings. The molecule has 0 atom stereocenters. The molecule has 0 N–H and O–H groups in total. The Kier molecular flexibility index (Phi) is 11.6. The molecule has 4 aromatic rings. The standard InChI is InChI=1S/C44H37BrCl2N4O2S/c1-24-18-29(19-25(2)42(24)52)27(4)48-51-41-36(46)16-15-31(39(41)47)33-22-32(28-12-9-8-10-13-28)37(23-35(33)45)49-50-40(38-14-11-17-54-38)30-20-26(3)43(53)34(21-30)44(5,6)7/h8-23H,1-7H3/b40-30+,50-49+,51-48+. The molecule has 54 heavy (non-hydrogen) atoms. The van der Waals surface area contributed by atoms with Crippen molar-refractivity contribution in [3.8, 4) is 22.3 Å². The zero-order chi connectivity index (χ0) is 38.9. The van der Waals surface area contributed by atoms with Crippen molar-refractivity contribution >= 4 is 79.1 Å². The van der Waals surface area contributed by atoms with E-state index < -0.39 is 0 Å². The Labute approximate surface area is 338 Å². The highest BCUT2D eigenvalue weighted by Gasteiger charge is 2.28. The second-order valence-electron chi connectivity index (χ2n) is 14.1. The van der Waals surface area contributed by atoms with Crippen molar-refractivity contribution in [1.29, 1.82) is 0 Å². The number of carbonyl (C=O) groups excluding carboxylic acids is 2. The summed E-state index contributed by atoms with van der Waals surface area (Å²) in [7, 11) is 0. The third kappa shape index (κ3) is 8.22. The van der Waals surface area contributed by atoms with Gasteiger partial charge in [-0.2, -0.15) is 5.11 Å². The van der Waals surface area contributed by atoms with E-state index in [2.05, 4.69) is 26.2 Å². The maximum atomic E-state index is 13.2. The Morgan fingerprint density at radius 1 is 0.722 bits per heavy atom. The molecule has 6 rings (SSSR count). The molecule has 0 bridgehead atoms. The van der Waals surface area contributed by atoms with Crippen molar-refractivity contribution in [2.24, 2.45) is 25.9 Å². The molecule has 0 radical (unpaired) electrons. The fraction of sp³-hybridized carbons (Fsp3) is 0.182. The van der Waals surface area contributed by atoms with Gasteiger partial charge in [-0.1, -0.05) is 102 Å². The molecule has 6 nitrogen and oxygen atoms in total. The number of thiophene rings is 1. The fourth-order valence-electron chi connectivity index (χ4n) is 6.12. The number of azo groups is 2. The van der Waals surface area contributed by atoms with E-state index in [1.807, 2.05) is 113 Å². The van der Waals surface area contributed by atoms with Crippen molar-refractivity contribution in [1.82, 2.24) is 0 Å². The number of Topliss-reactive ketones (excluding diaryl/α,β-unsaturated/α-hetero) is 2. The Hall–Kier alpha value is -4.60. The molecule has 0 saturated carbocycles. The number of allylic oxidation sites excluding steroid dienone is 11. The predicted molar refractivity (Wildman–Crippen MR) is 227 cm³/mol.